The zero-order valence-corrected chi connectivity index (χ0v) is 17.4. The average molecular weight is 392 g/mol. The quantitative estimate of drug-likeness (QED) is 0.260. The van der Waals surface area contributed by atoms with E-state index in [1.807, 2.05) is 0 Å². The van der Waals surface area contributed by atoms with E-state index < -0.39 is 0 Å². The molecule has 0 unspecified atom stereocenters. The Morgan fingerprint density at radius 1 is 0.828 bits per heavy atom. The fourth-order valence-corrected chi connectivity index (χ4v) is 5.27. The third-order valence-electron chi connectivity index (χ3n) is 7.28. The highest BCUT2D eigenvalue weighted by atomic mass is 16.5. The second-order valence-corrected chi connectivity index (χ2v) is 9.26. The van der Waals surface area contributed by atoms with Gasteiger partial charge in [-0.15, -0.1) is 0 Å². The van der Waals surface area contributed by atoms with E-state index >= 15 is 0 Å². The van der Waals surface area contributed by atoms with Crippen molar-refractivity contribution in [2.75, 3.05) is 5.73 Å². The van der Waals surface area contributed by atoms with Crippen LogP contribution in [0.1, 0.15) is 81.3 Å². The molecular weight excluding hydrogens is 358 g/mol. The van der Waals surface area contributed by atoms with Crippen molar-refractivity contribution in [3.63, 3.8) is 0 Å². The van der Waals surface area contributed by atoms with Gasteiger partial charge in [0.15, 0.2) is 6.04 Å². The topological polar surface area (TPSA) is 75.9 Å². The van der Waals surface area contributed by atoms with E-state index in [0.29, 0.717) is 16.7 Å². The van der Waals surface area contributed by atoms with E-state index in [9.17, 15) is 5.21 Å². The van der Waals surface area contributed by atoms with Gasteiger partial charge in [-0.25, -0.2) is 0 Å². The molecule has 29 heavy (non-hydrogen) atoms. The Kier molecular flexibility index (Phi) is 5.89. The molecule has 154 valence electrons. The fourth-order valence-electron chi connectivity index (χ4n) is 5.27. The number of hydroxylamine groups is 1. The standard InChI is InChI=1S/C25H33N3O/c1-17-2-4-20(5-3-17)22-12-15-24(25(26)16-22)21-8-6-18(7-9-21)19-10-13-23(14-11-19)28(27)29/h6-9,12,15-17,19-20,23,27H,2-5,10-11,13-14,26H2,1H3. The number of nitrogens with one attached hydrogen (secondary N) is 1. The highest BCUT2D eigenvalue weighted by molar-refractivity contribution is 5.77. The second-order valence-electron chi connectivity index (χ2n) is 9.26. The van der Waals surface area contributed by atoms with Crippen molar-refractivity contribution < 1.29 is 4.86 Å². The molecule has 4 heteroatoms. The maximum atomic E-state index is 11.2. The number of nitrogens with two attached hydrogens (primary N) is 1. The van der Waals surface area contributed by atoms with Gasteiger partial charge in [0, 0.05) is 24.1 Å². The lowest BCUT2D eigenvalue weighted by Crippen LogP contribution is -2.25. The molecule has 3 N–H and O–H groups in total. The van der Waals surface area contributed by atoms with Crippen molar-refractivity contribution in [2.45, 2.75) is 76.2 Å². The molecule has 0 atom stereocenters. The van der Waals surface area contributed by atoms with Crippen LogP contribution in [0.2, 0.25) is 0 Å². The zero-order valence-electron chi connectivity index (χ0n) is 17.4. The first-order valence-corrected chi connectivity index (χ1v) is 11.2. The van der Waals surface area contributed by atoms with Crippen LogP contribution in [0.25, 0.3) is 11.1 Å². The molecule has 0 amide bonds. The minimum atomic E-state index is -0.129. The van der Waals surface area contributed by atoms with Crippen molar-refractivity contribution >= 4 is 5.69 Å². The number of anilines is 1. The number of hydrogen-bond donors (Lipinski definition) is 2. The molecule has 2 aliphatic rings. The van der Waals surface area contributed by atoms with E-state index in [4.69, 9.17) is 11.3 Å². The Bertz CT molecular complexity index is 845. The van der Waals surface area contributed by atoms with Gasteiger partial charge in [0.1, 0.15) is 0 Å². The van der Waals surface area contributed by atoms with Crippen LogP contribution >= 0.6 is 0 Å². The number of benzene rings is 2. The van der Waals surface area contributed by atoms with Crippen LogP contribution in [-0.2, 0) is 0 Å². The molecule has 4 nitrogen and oxygen atoms in total. The Balaban J connectivity index is 1.44. The molecule has 0 aliphatic heterocycles. The summed E-state index contributed by atoms with van der Waals surface area (Å²) < 4.78 is 0. The molecule has 0 spiro atoms. The van der Waals surface area contributed by atoms with E-state index in [2.05, 4.69) is 49.4 Å². The number of hydrogen-bond acceptors (Lipinski definition) is 3. The van der Waals surface area contributed by atoms with Gasteiger partial charge in [0.05, 0.1) is 0 Å². The van der Waals surface area contributed by atoms with Gasteiger partial charge in [-0.3, -0.25) is 0 Å². The molecule has 2 saturated carbocycles. The third kappa shape index (κ3) is 4.47. The normalized spacial score (nSPS) is 27.5. The van der Waals surface area contributed by atoms with Crippen LogP contribution in [0.3, 0.4) is 0 Å². The number of nitrogens with zero attached hydrogens (tertiary/aromatic N) is 1. The predicted octanol–water partition coefficient (Wildman–Crippen LogP) is 6.80. The lowest BCUT2D eigenvalue weighted by atomic mass is 9.79. The molecule has 2 aromatic carbocycles. The lowest BCUT2D eigenvalue weighted by Gasteiger charge is -2.27. The van der Waals surface area contributed by atoms with Crippen LogP contribution in [0.15, 0.2) is 42.5 Å². The first-order valence-electron chi connectivity index (χ1n) is 11.2. The number of rotatable bonds is 4. The summed E-state index contributed by atoms with van der Waals surface area (Å²) in [5.74, 6) is 2.02. The molecule has 0 bridgehead atoms. The van der Waals surface area contributed by atoms with Gasteiger partial charge in [-0.05, 0) is 71.7 Å². The molecule has 0 aromatic heterocycles. The van der Waals surface area contributed by atoms with Gasteiger partial charge < -0.3 is 10.9 Å². The van der Waals surface area contributed by atoms with E-state index in [0.717, 1.165) is 42.9 Å². The molecule has 0 saturated heterocycles. The first-order chi connectivity index (χ1) is 14.0. The SMILES string of the molecule is CC1CCC(c2ccc(-c3ccc(C4CCC([N+](=N)[O-])CC4)cc3)c(N)c2)CC1. The summed E-state index contributed by atoms with van der Waals surface area (Å²) >= 11 is 0. The Morgan fingerprint density at radius 2 is 1.38 bits per heavy atom. The summed E-state index contributed by atoms with van der Waals surface area (Å²) in [6.07, 6.45) is 8.80. The maximum Gasteiger partial charge on any atom is 0.189 e. The van der Waals surface area contributed by atoms with Crippen LogP contribution in [-0.4, -0.2) is 10.9 Å². The summed E-state index contributed by atoms with van der Waals surface area (Å²) in [4.78, 5) is 0.389. The highest BCUT2D eigenvalue weighted by Crippen LogP contribution is 2.39. The predicted molar refractivity (Wildman–Crippen MR) is 118 cm³/mol. The lowest BCUT2D eigenvalue weighted by molar-refractivity contribution is -0.592. The third-order valence-corrected chi connectivity index (χ3v) is 7.28. The zero-order chi connectivity index (χ0) is 20.4. The van der Waals surface area contributed by atoms with Crippen molar-refractivity contribution in [2.24, 2.45) is 5.92 Å². The van der Waals surface area contributed by atoms with Crippen molar-refractivity contribution in [3.05, 3.63) is 58.8 Å². The molecule has 0 radical (unpaired) electrons. The summed E-state index contributed by atoms with van der Waals surface area (Å²) in [6.45, 7) is 2.36. The van der Waals surface area contributed by atoms with Crippen LogP contribution in [0.5, 0.6) is 0 Å². The van der Waals surface area contributed by atoms with E-state index in [1.165, 1.54) is 42.4 Å². The molecule has 2 fully saturated rings. The summed E-state index contributed by atoms with van der Waals surface area (Å²) in [5, 5.41) is 11.2. The van der Waals surface area contributed by atoms with Crippen molar-refractivity contribution in [1.82, 2.24) is 0 Å². The van der Waals surface area contributed by atoms with Crippen LogP contribution in [0.4, 0.5) is 5.69 Å². The van der Waals surface area contributed by atoms with Gasteiger partial charge in [-0.1, -0.05) is 61.0 Å². The molecule has 2 aliphatic carbocycles. The average Bonchev–Trinajstić information content (AvgIpc) is 2.74. The van der Waals surface area contributed by atoms with Gasteiger partial charge in [-0.2, -0.15) is 0 Å². The van der Waals surface area contributed by atoms with Crippen LogP contribution < -0.4 is 5.73 Å². The maximum absolute atomic E-state index is 11.2. The molecule has 2 aromatic rings. The van der Waals surface area contributed by atoms with Gasteiger partial charge in [0.25, 0.3) is 0 Å². The molecule has 0 heterocycles. The largest absolute Gasteiger partial charge is 0.600 e. The highest BCUT2D eigenvalue weighted by Gasteiger charge is 2.27. The summed E-state index contributed by atoms with van der Waals surface area (Å²) in [5.41, 5.74) is 19.6. The van der Waals surface area contributed by atoms with Gasteiger partial charge >= 0.3 is 0 Å². The minimum absolute atomic E-state index is 0.129. The smallest absolute Gasteiger partial charge is 0.189 e. The van der Waals surface area contributed by atoms with Crippen molar-refractivity contribution in [3.8, 4) is 11.1 Å². The summed E-state index contributed by atoms with van der Waals surface area (Å²) in [6, 6.07) is 15.3. The van der Waals surface area contributed by atoms with Crippen molar-refractivity contribution in [1.29, 1.82) is 5.53 Å². The first kappa shape index (κ1) is 19.9. The second kappa shape index (κ2) is 8.56. The summed E-state index contributed by atoms with van der Waals surface area (Å²) in [7, 11) is 0. The van der Waals surface area contributed by atoms with E-state index in [-0.39, 0.29) is 6.04 Å². The van der Waals surface area contributed by atoms with Gasteiger partial charge in [0.2, 0.25) is 0 Å². The molecular formula is C25H33N3O. The Hall–Kier alpha value is -2.36. The Labute approximate surface area is 174 Å². The van der Waals surface area contributed by atoms with E-state index in [1.54, 1.807) is 0 Å². The molecule has 4 rings (SSSR count). The van der Waals surface area contributed by atoms with Crippen LogP contribution in [0, 0.1) is 16.7 Å². The fraction of sp³-hybridized carbons (Fsp3) is 0.520. The Morgan fingerprint density at radius 3 is 1.97 bits per heavy atom. The number of nitrogen functional groups attached to an aromatic ring is 1. The monoisotopic (exact) mass is 391 g/mol. The minimum Gasteiger partial charge on any atom is -0.600 e.